The van der Waals surface area contributed by atoms with Crippen LogP contribution in [0.1, 0.15) is 19.3 Å². The fourth-order valence-electron chi connectivity index (χ4n) is 2.17. The Morgan fingerprint density at radius 1 is 0.720 bits per heavy atom. The van der Waals surface area contributed by atoms with E-state index in [2.05, 4.69) is 55.7 Å². The molecule has 1 aliphatic carbocycles. The van der Waals surface area contributed by atoms with E-state index >= 15 is 0 Å². The summed E-state index contributed by atoms with van der Waals surface area (Å²) in [6.45, 7) is 7.26. The molecule has 0 amide bonds. The summed E-state index contributed by atoms with van der Waals surface area (Å²) in [7, 11) is 0. The van der Waals surface area contributed by atoms with E-state index < -0.39 is 0 Å². The molecular formula is C25H28. The second-order valence-corrected chi connectivity index (χ2v) is 5.43. The Bertz CT molecular complexity index is 665. The molecule has 0 saturated carbocycles. The molecule has 0 heteroatoms. The van der Waals surface area contributed by atoms with Gasteiger partial charge in [0.05, 0.1) is 0 Å². The molecule has 0 unspecified atom stereocenters. The fourth-order valence-corrected chi connectivity index (χ4v) is 2.17. The zero-order valence-electron chi connectivity index (χ0n) is 14.9. The molecular weight excluding hydrogens is 300 g/mol. The largest absolute Gasteiger partial charge is 0.0991 e. The van der Waals surface area contributed by atoms with E-state index in [9.17, 15) is 0 Å². The van der Waals surface area contributed by atoms with Crippen molar-refractivity contribution in [1.82, 2.24) is 0 Å². The number of hydrogen-bond acceptors (Lipinski definition) is 0. The molecule has 0 N–H and O–H groups in total. The molecule has 0 heterocycles. The summed E-state index contributed by atoms with van der Waals surface area (Å²) in [6, 6.07) is 0. The second kappa shape index (κ2) is 14.7. The number of rotatable bonds is 11. The van der Waals surface area contributed by atoms with E-state index in [0.717, 1.165) is 19.3 Å². The Morgan fingerprint density at radius 2 is 1.28 bits per heavy atom. The summed E-state index contributed by atoms with van der Waals surface area (Å²) in [4.78, 5) is 0. The van der Waals surface area contributed by atoms with Gasteiger partial charge in [-0.05, 0) is 24.8 Å². The van der Waals surface area contributed by atoms with Gasteiger partial charge >= 0.3 is 0 Å². The van der Waals surface area contributed by atoms with Gasteiger partial charge in [0.25, 0.3) is 0 Å². The Labute approximate surface area is 153 Å². The lowest BCUT2D eigenvalue weighted by Crippen LogP contribution is -1.76. The molecule has 0 nitrogen and oxygen atoms in total. The Morgan fingerprint density at radius 3 is 1.92 bits per heavy atom. The highest BCUT2D eigenvalue weighted by Crippen LogP contribution is 2.22. The Balaban J connectivity index is 2.25. The highest BCUT2D eigenvalue weighted by Gasteiger charge is 2.02. The van der Waals surface area contributed by atoms with Crippen molar-refractivity contribution in [1.29, 1.82) is 0 Å². The molecule has 0 fully saturated rings. The fraction of sp³-hybridized carbons (Fsp3) is 0.120. The molecule has 0 spiro atoms. The van der Waals surface area contributed by atoms with Crippen LogP contribution in [0.2, 0.25) is 0 Å². The second-order valence-electron chi connectivity index (χ2n) is 5.43. The Hall–Kier alpha value is -2.86. The minimum atomic E-state index is 1.07. The zero-order valence-corrected chi connectivity index (χ0v) is 14.9. The monoisotopic (exact) mass is 328 g/mol. The molecule has 0 bridgehead atoms. The maximum Gasteiger partial charge on any atom is -0.0126 e. The van der Waals surface area contributed by atoms with Crippen molar-refractivity contribution < 1.29 is 0 Å². The maximum absolute atomic E-state index is 3.64. The standard InChI is InChI=1S/C25H28/c1-3-5-7-9-11-12-13-14-16-18-20-25-22-21-24(23-25)19-17-15-10-8-6-4-2/h3-17,19,21,23H,1-2,18,20,22H2/b7-5-,8-6-,11-9-,13-12-,15-10-,16-14-,19-17-. The predicted octanol–water partition coefficient (Wildman–Crippen LogP) is 7.29. The van der Waals surface area contributed by atoms with Crippen molar-refractivity contribution >= 4 is 0 Å². The Kier molecular flexibility index (Phi) is 11.9. The van der Waals surface area contributed by atoms with Crippen molar-refractivity contribution in [3.05, 3.63) is 134 Å². The van der Waals surface area contributed by atoms with Crippen molar-refractivity contribution in [2.45, 2.75) is 19.3 Å². The molecule has 0 radical (unpaired) electrons. The average molecular weight is 328 g/mol. The van der Waals surface area contributed by atoms with Crippen molar-refractivity contribution in [2.75, 3.05) is 0 Å². The molecule has 0 aromatic rings. The van der Waals surface area contributed by atoms with Crippen LogP contribution in [0.3, 0.4) is 0 Å². The van der Waals surface area contributed by atoms with Gasteiger partial charge in [0.2, 0.25) is 0 Å². The average Bonchev–Trinajstić information content (AvgIpc) is 3.07. The molecule has 25 heavy (non-hydrogen) atoms. The van der Waals surface area contributed by atoms with Crippen LogP contribution in [0.25, 0.3) is 0 Å². The molecule has 0 atom stereocenters. The number of allylic oxidation sites excluding steroid dienone is 20. The van der Waals surface area contributed by atoms with Gasteiger partial charge in [0.1, 0.15) is 0 Å². The van der Waals surface area contributed by atoms with Gasteiger partial charge < -0.3 is 0 Å². The van der Waals surface area contributed by atoms with E-state index in [1.54, 1.807) is 12.2 Å². The lowest BCUT2D eigenvalue weighted by molar-refractivity contribution is 0.951. The van der Waals surface area contributed by atoms with Gasteiger partial charge in [-0.1, -0.05) is 128 Å². The minimum absolute atomic E-state index is 1.07. The van der Waals surface area contributed by atoms with Crippen LogP contribution in [-0.4, -0.2) is 0 Å². The van der Waals surface area contributed by atoms with Gasteiger partial charge in [-0.3, -0.25) is 0 Å². The van der Waals surface area contributed by atoms with Gasteiger partial charge in [0, 0.05) is 0 Å². The summed E-state index contributed by atoms with van der Waals surface area (Å²) in [6.07, 6.45) is 39.8. The molecule has 0 aromatic heterocycles. The SMILES string of the molecule is C=C\C=C/C=C\C=C/C=C\CCC1=CC(\C=C/C=C\C=C/C=C)=CC1. The van der Waals surface area contributed by atoms with Crippen molar-refractivity contribution in [2.24, 2.45) is 0 Å². The molecule has 128 valence electrons. The van der Waals surface area contributed by atoms with Crippen LogP contribution in [-0.2, 0) is 0 Å². The van der Waals surface area contributed by atoms with Crippen LogP contribution >= 0.6 is 0 Å². The third kappa shape index (κ3) is 11.3. The predicted molar refractivity (Wildman–Crippen MR) is 114 cm³/mol. The van der Waals surface area contributed by atoms with E-state index in [1.807, 2.05) is 54.7 Å². The minimum Gasteiger partial charge on any atom is -0.0991 e. The first-order valence-corrected chi connectivity index (χ1v) is 8.66. The van der Waals surface area contributed by atoms with E-state index in [1.165, 1.54) is 11.1 Å². The van der Waals surface area contributed by atoms with E-state index in [4.69, 9.17) is 0 Å². The summed E-state index contributed by atoms with van der Waals surface area (Å²) >= 11 is 0. The molecule has 1 aliphatic rings. The normalized spacial score (nSPS) is 15.8. The van der Waals surface area contributed by atoms with Crippen molar-refractivity contribution in [3.8, 4) is 0 Å². The van der Waals surface area contributed by atoms with Gasteiger partial charge in [-0.15, -0.1) is 0 Å². The van der Waals surface area contributed by atoms with Gasteiger partial charge in [0.15, 0.2) is 0 Å². The van der Waals surface area contributed by atoms with E-state index in [-0.39, 0.29) is 0 Å². The highest BCUT2D eigenvalue weighted by molar-refractivity contribution is 5.41. The smallest absolute Gasteiger partial charge is 0.0126 e. The van der Waals surface area contributed by atoms with Crippen LogP contribution in [0, 0.1) is 0 Å². The topological polar surface area (TPSA) is 0 Å². The third-order valence-electron chi connectivity index (χ3n) is 3.41. The zero-order chi connectivity index (χ0) is 18.0. The van der Waals surface area contributed by atoms with Crippen LogP contribution in [0.15, 0.2) is 134 Å². The summed E-state index contributed by atoms with van der Waals surface area (Å²) in [5.41, 5.74) is 2.80. The first-order chi connectivity index (χ1) is 12.4. The van der Waals surface area contributed by atoms with Gasteiger partial charge in [-0.2, -0.15) is 0 Å². The summed E-state index contributed by atoms with van der Waals surface area (Å²) in [5, 5.41) is 0. The first kappa shape index (κ1) is 20.2. The van der Waals surface area contributed by atoms with E-state index in [0.29, 0.717) is 0 Å². The first-order valence-electron chi connectivity index (χ1n) is 8.66. The third-order valence-corrected chi connectivity index (χ3v) is 3.41. The lowest BCUT2D eigenvalue weighted by Gasteiger charge is -1.96. The van der Waals surface area contributed by atoms with Crippen molar-refractivity contribution in [3.63, 3.8) is 0 Å². The quantitative estimate of drug-likeness (QED) is 0.349. The lowest BCUT2D eigenvalue weighted by atomic mass is 10.1. The van der Waals surface area contributed by atoms with Crippen LogP contribution in [0.4, 0.5) is 0 Å². The summed E-state index contributed by atoms with van der Waals surface area (Å²) in [5.74, 6) is 0. The summed E-state index contributed by atoms with van der Waals surface area (Å²) < 4.78 is 0. The molecule has 0 saturated heterocycles. The molecule has 0 aliphatic heterocycles. The maximum atomic E-state index is 3.64. The van der Waals surface area contributed by atoms with Gasteiger partial charge in [-0.25, -0.2) is 0 Å². The highest BCUT2D eigenvalue weighted by atomic mass is 14.1. The molecule has 1 rings (SSSR count). The van der Waals surface area contributed by atoms with Crippen LogP contribution < -0.4 is 0 Å². The number of hydrogen-bond donors (Lipinski definition) is 0. The molecule has 0 aromatic carbocycles. The van der Waals surface area contributed by atoms with Crippen LogP contribution in [0.5, 0.6) is 0 Å².